The van der Waals surface area contributed by atoms with Gasteiger partial charge in [-0.1, -0.05) is 13.8 Å². The summed E-state index contributed by atoms with van der Waals surface area (Å²) in [6.07, 6.45) is 3.16. The van der Waals surface area contributed by atoms with Gasteiger partial charge in [-0.3, -0.25) is 4.79 Å². The Balaban J connectivity index is 3.15. The largest absolute Gasteiger partial charge is 0.370 e. The summed E-state index contributed by atoms with van der Waals surface area (Å²) < 4.78 is 5.53. The summed E-state index contributed by atoms with van der Waals surface area (Å²) in [5.41, 5.74) is 0.0401. The van der Waals surface area contributed by atoms with Crippen molar-refractivity contribution in [3.05, 3.63) is 27.9 Å². The van der Waals surface area contributed by atoms with Crippen LogP contribution in [-0.2, 0) is 16.9 Å². The Hall–Kier alpha value is -1.20. The first kappa shape index (κ1) is 13.9. The van der Waals surface area contributed by atoms with E-state index in [4.69, 9.17) is 4.74 Å². The van der Waals surface area contributed by atoms with Crippen LogP contribution in [0.4, 0.5) is 0 Å². The van der Waals surface area contributed by atoms with Crippen molar-refractivity contribution in [3.63, 3.8) is 0 Å². The predicted molar refractivity (Wildman–Crippen MR) is 66.9 cm³/mol. The molecule has 0 aliphatic heterocycles. The normalized spacial score (nSPS) is 11.8. The highest BCUT2D eigenvalue weighted by Gasteiger charge is 2.30. The van der Waals surface area contributed by atoms with Crippen LogP contribution in [0.5, 0.6) is 0 Å². The number of methoxy groups -OCH3 is 1. The topological polar surface area (TPSA) is 67.0 Å². The third-order valence-corrected chi connectivity index (χ3v) is 3.20. The lowest BCUT2D eigenvalue weighted by Crippen LogP contribution is -2.33. The Morgan fingerprint density at radius 1 is 1.47 bits per heavy atom. The third-order valence-electron chi connectivity index (χ3n) is 3.20. The Labute approximate surface area is 102 Å². The summed E-state index contributed by atoms with van der Waals surface area (Å²) in [6, 6.07) is 0. The number of hydrogen-bond acceptors (Lipinski definition) is 4. The molecule has 96 valence electrons. The maximum Gasteiger partial charge on any atom is 0.255 e. The van der Waals surface area contributed by atoms with Crippen molar-refractivity contribution in [2.45, 2.75) is 38.8 Å². The maximum absolute atomic E-state index is 11.8. The van der Waals surface area contributed by atoms with E-state index in [0.29, 0.717) is 17.9 Å². The molecule has 1 rings (SSSR count). The van der Waals surface area contributed by atoms with Crippen LogP contribution in [0.2, 0.25) is 0 Å². The second-order valence-electron chi connectivity index (χ2n) is 4.02. The average molecular weight is 239 g/mol. The molecule has 1 aromatic heterocycles. The van der Waals surface area contributed by atoms with E-state index >= 15 is 0 Å². The number of ether oxygens (including phenoxy) is 1. The number of nitrogens with one attached hydrogen (secondary N) is 2. The van der Waals surface area contributed by atoms with Gasteiger partial charge in [-0.05, 0) is 19.9 Å². The van der Waals surface area contributed by atoms with Crippen molar-refractivity contribution in [2.24, 2.45) is 0 Å². The Morgan fingerprint density at radius 2 is 2.12 bits per heavy atom. The Bertz CT molecular complexity index is 402. The molecule has 0 radical (unpaired) electrons. The number of rotatable bonds is 6. The minimum absolute atomic E-state index is 0.104. The Morgan fingerprint density at radius 3 is 2.53 bits per heavy atom. The highest BCUT2D eigenvalue weighted by Crippen LogP contribution is 2.28. The summed E-state index contributed by atoms with van der Waals surface area (Å²) in [5, 5.41) is 2.93. The van der Waals surface area contributed by atoms with Gasteiger partial charge in [0.2, 0.25) is 0 Å². The molecule has 1 heterocycles. The highest BCUT2D eigenvalue weighted by molar-refractivity contribution is 5.10. The second-order valence-corrected chi connectivity index (χ2v) is 4.02. The lowest BCUT2D eigenvalue weighted by molar-refractivity contribution is -0.0293. The molecule has 0 aliphatic carbocycles. The minimum Gasteiger partial charge on any atom is -0.370 e. The van der Waals surface area contributed by atoms with Crippen LogP contribution in [0, 0.1) is 0 Å². The molecule has 2 N–H and O–H groups in total. The van der Waals surface area contributed by atoms with Crippen LogP contribution in [0.15, 0.2) is 11.0 Å². The maximum atomic E-state index is 11.8. The number of aromatic nitrogens is 2. The van der Waals surface area contributed by atoms with Crippen molar-refractivity contribution in [3.8, 4) is 0 Å². The van der Waals surface area contributed by atoms with Crippen LogP contribution >= 0.6 is 0 Å². The van der Waals surface area contributed by atoms with Crippen molar-refractivity contribution in [1.29, 1.82) is 0 Å². The van der Waals surface area contributed by atoms with Gasteiger partial charge in [0, 0.05) is 25.4 Å². The fourth-order valence-corrected chi connectivity index (χ4v) is 1.94. The first-order valence-electron chi connectivity index (χ1n) is 5.92. The van der Waals surface area contributed by atoms with Gasteiger partial charge >= 0.3 is 0 Å². The molecule has 1 aromatic rings. The predicted octanol–water partition coefficient (Wildman–Crippen LogP) is 1.15. The SMILES string of the molecule is CCC(CC)(OC)c1ncc(CNC)c(=O)[nH]1. The quantitative estimate of drug-likeness (QED) is 0.781. The van der Waals surface area contributed by atoms with Gasteiger partial charge in [0.1, 0.15) is 11.4 Å². The van der Waals surface area contributed by atoms with Crippen LogP contribution in [0.1, 0.15) is 38.1 Å². The van der Waals surface area contributed by atoms with Gasteiger partial charge in [0.25, 0.3) is 5.56 Å². The van der Waals surface area contributed by atoms with E-state index < -0.39 is 5.60 Å². The van der Waals surface area contributed by atoms with E-state index in [1.165, 1.54) is 0 Å². The number of nitrogens with zero attached hydrogens (tertiary/aromatic N) is 1. The fraction of sp³-hybridized carbons (Fsp3) is 0.667. The van der Waals surface area contributed by atoms with Crippen molar-refractivity contribution < 1.29 is 4.74 Å². The molecule has 0 spiro atoms. The smallest absolute Gasteiger partial charge is 0.255 e. The summed E-state index contributed by atoms with van der Waals surface area (Å²) in [4.78, 5) is 19.0. The van der Waals surface area contributed by atoms with Crippen molar-refractivity contribution >= 4 is 0 Å². The summed E-state index contributed by atoms with van der Waals surface area (Å²) in [7, 11) is 3.44. The molecule has 0 bridgehead atoms. The van der Waals surface area contributed by atoms with Crippen LogP contribution in [0.25, 0.3) is 0 Å². The number of H-pyrrole nitrogens is 1. The van der Waals surface area contributed by atoms with Gasteiger partial charge in [0.15, 0.2) is 0 Å². The van der Waals surface area contributed by atoms with Crippen LogP contribution in [0.3, 0.4) is 0 Å². The summed E-state index contributed by atoms with van der Waals surface area (Å²) in [5.74, 6) is 0.606. The number of aromatic amines is 1. The summed E-state index contributed by atoms with van der Waals surface area (Å²) >= 11 is 0. The molecule has 0 aliphatic rings. The lowest BCUT2D eigenvalue weighted by atomic mass is 9.96. The van der Waals surface area contributed by atoms with E-state index in [0.717, 1.165) is 12.8 Å². The van der Waals surface area contributed by atoms with Crippen LogP contribution in [-0.4, -0.2) is 24.1 Å². The molecule has 0 unspecified atom stereocenters. The lowest BCUT2D eigenvalue weighted by Gasteiger charge is -2.28. The van der Waals surface area contributed by atoms with E-state index in [-0.39, 0.29) is 5.56 Å². The first-order chi connectivity index (χ1) is 8.13. The molecule has 0 atom stereocenters. The molecule has 5 nitrogen and oxygen atoms in total. The number of hydrogen-bond donors (Lipinski definition) is 2. The van der Waals surface area contributed by atoms with Gasteiger partial charge in [-0.15, -0.1) is 0 Å². The fourth-order valence-electron chi connectivity index (χ4n) is 1.94. The molecule has 0 aromatic carbocycles. The monoisotopic (exact) mass is 239 g/mol. The van der Waals surface area contributed by atoms with E-state index in [9.17, 15) is 4.79 Å². The van der Waals surface area contributed by atoms with Crippen molar-refractivity contribution in [2.75, 3.05) is 14.2 Å². The molecule has 0 amide bonds. The van der Waals surface area contributed by atoms with E-state index in [2.05, 4.69) is 15.3 Å². The molecule has 0 fully saturated rings. The molecular formula is C12H21N3O2. The average Bonchev–Trinajstić information content (AvgIpc) is 2.35. The second kappa shape index (κ2) is 5.93. The van der Waals surface area contributed by atoms with Crippen LogP contribution < -0.4 is 10.9 Å². The zero-order valence-corrected chi connectivity index (χ0v) is 11.0. The van der Waals surface area contributed by atoms with E-state index in [1.54, 1.807) is 20.4 Å². The minimum atomic E-state index is -0.489. The molecule has 0 saturated carbocycles. The zero-order chi connectivity index (χ0) is 12.9. The van der Waals surface area contributed by atoms with Gasteiger partial charge < -0.3 is 15.0 Å². The third kappa shape index (κ3) is 2.73. The van der Waals surface area contributed by atoms with E-state index in [1.807, 2.05) is 13.8 Å². The Kier molecular flexibility index (Phi) is 4.84. The van der Waals surface area contributed by atoms with Gasteiger partial charge in [0.05, 0.1) is 0 Å². The molecule has 5 heteroatoms. The molecule has 0 saturated heterocycles. The standard InChI is InChI=1S/C12H21N3O2/c1-5-12(6-2,17-4)11-14-8-9(7-13-3)10(16)15-11/h8,13H,5-7H2,1-4H3,(H,14,15,16). The summed E-state index contributed by atoms with van der Waals surface area (Å²) in [6.45, 7) is 4.56. The molecular weight excluding hydrogens is 218 g/mol. The highest BCUT2D eigenvalue weighted by atomic mass is 16.5. The van der Waals surface area contributed by atoms with Crippen molar-refractivity contribution in [1.82, 2.24) is 15.3 Å². The van der Waals surface area contributed by atoms with Gasteiger partial charge in [-0.2, -0.15) is 0 Å². The zero-order valence-electron chi connectivity index (χ0n) is 11.0. The van der Waals surface area contributed by atoms with Gasteiger partial charge in [-0.25, -0.2) is 4.98 Å². The molecule has 17 heavy (non-hydrogen) atoms. The first-order valence-corrected chi connectivity index (χ1v) is 5.92.